The molecule has 1 amide bonds. The Morgan fingerprint density at radius 1 is 1.00 bits per heavy atom. The Kier molecular flexibility index (Phi) is 6.35. The molecule has 3 heterocycles. The van der Waals surface area contributed by atoms with E-state index in [0.717, 1.165) is 51.9 Å². The normalized spacial score (nSPS) is 18.3. The summed E-state index contributed by atoms with van der Waals surface area (Å²) in [7, 11) is 0. The number of carbonyl (C=O) groups is 1. The van der Waals surface area contributed by atoms with E-state index < -0.39 is 65.3 Å². The Balaban J connectivity index is 1.83. The first-order valence-corrected chi connectivity index (χ1v) is 12.4. The van der Waals surface area contributed by atoms with Crippen LogP contribution in [0, 0.1) is 5.82 Å². The molecule has 39 heavy (non-hydrogen) atoms. The Morgan fingerprint density at radius 2 is 1.67 bits per heavy atom. The van der Waals surface area contributed by atoms with Crippen molar-refractivity contribution in [3.63, 3.8) is 0 Å². The highest BCUT2D eigenvalue weighted by atomic mass is 32.2. The van der Waals surface area contributed by atoms with E-state index in [1.165, 1.54) is 18.2 Å². The lowest BCUT2D eigenvalue weighted by Crippen LogP contribution is -2.60. The van der Waals surface area contributed by atoms with E-state index in [0.29, 0.717) is 11.8 Å². The first-order chi connectivity index (χ1) is 18.2. The van der Waals surface area contributed by atoms with Crippen molar-refractivity contribution in [1.82, 2.24) is 9.58 Å². The molecule has 14 heteroatoms. The van der Waals surface area contributed by atoms with Crippen LogP contribution in [-0.2, 0) is 11.9 Å². The number of rotatable bonds is 2. The van der Waals surface area contributed by atoms with Crippen LogP contribution in [0.4, 0.5) is 30.7 Å². The molecule has 206 valence electrons. The second-order valence-corrected chi connectivity index (χ2v) is 10.0. The van der Waals surface area contributed by atoms with E-state index in [1.807, 2.05) is 0 Å². The van der Waals surface area contributed by atoms with Gasteiger partial charge in [-0.25, -0.2) is 4.39 Å². The summed E-state index contributed by atoms with van der Waals surface area (Å²) >= 11 is 0.805. The maximum atomic E-state index is 15.0. The lowest BCUT2D eigenvalue weighted by molar-refractivity contribution is -0.173. The van der Waals surface area contributed by atoms with Crippen LogP contribution in [0.1, 0.15) is 45.7 Å². The van der Waals surface area contributed by atoms with Crippen molar-refractivity contribution in [1.29, 1.82) is 0 Å². The number of alkyl halides is 6. The quantitative estimate of drug-likeness (QED) is 0.416. The fourth-order valence-electron chi connectivity index (χ4n) is 4.85. The standard InChI is InChI=1S/C25H18F7N3O3S/c1-12(24(27,28)29)33-11-35(34-9-8-18(36)21(37)20(34)23(33)38)19-13-4-2-6-16(25(30,31)32)15(13)10-39-22-14(19)5-3-7-17(22)26/h2-9,12,19,37H,10-11H2,1H3/t12-,19-/m1/s1. The van der Waals surface area contributed by atoms with Gasteiger partial charge in [0.05, 0.1) is 11.6 Å². The molecule has 1 aromatic heterocycles. The first-order valence-electron chi connectivity index (χ1n) is 11.4. The van der Waals surface area contributed by atoms with Gasteiger partial charge in [0, 0.05) is 22.9 Å². The topological polar surface area (TPSA) is 65.8 Å². The molecule has 0 saturated carbocycles. The summed E-state index contributed by atoms with van der Waals surface area (Å²) < 4.78 is 99.4. The molecule has 0 aliphatic carbocycles. The molecule has 2 aliphatic rings. The molecule has 0 unspecified atom stereocenters. The van der Waals surface area contributed by atoms with Crippen molar-refractivity contribution < 1.29 is 40.6 Å². The number of hydrogen-bond acceptors (Lipinski definition) is 5. The highest BCUT2D eigenvalue weighted by molar-refractivity contribution is 7.98. The van der Waals surface area contributed by atoms with Crippen molar-refractivity contribution in [3.05, 3.63) is 92.6 Å². The summed E-state index contributed by atoms with van der Waals surface area (Å²) in [6.45, 7) is -0.105. The Morgan fingerprint density at radius 3 is 2.33 bits per heavy atom. The number of pyridine rings is 1. The van der Waals surface area contributed by atoms with Gasteiger partial charge in [0.2, 0.25) is 5.43 Å². The number of amides is 1. The largest absolute Gasteiger partial charge is 0.502 e. The monoisotopic (exact) mass is 573 g/mol. The first kappa shape index (κ1) is 26.9. The SMILES string of the molecule is C[C@@H](N1CN([C@@H]2c3cccc(C(F)(F)F)c3CSc3c(F)cccc32)n2ccc(=O)c(O)c2C1=O)C(F)(F)F. The second-order valence-electron chi connectivity index (χ2n) is 9.02. The Hall–Kier alpha value is -3.68. The van der Waals surface area contributed by atoms with Gasteiger partial charge >= 0.3 is 12.4 Å². The van der Waals surface area contributed by atoms with Crippen LogP contribution in [0.15, 0.2) is 58.4 Å². The van der Waals surface area contributed by atoms with Gasteiger partial charge in [0.25, 0.3) is 5.91 Å². The zero-order valence-corrected chi connectivity index (χ0v) is 20.7. The molecule has 2 aliphatic heterocycles. The summed E-state index contributed by atoms with van der Waals surface area (Å²) in [4.78, 5) is 25.7. The zero-order chi connectivity index (χ0) is 28.4. The molecule has 0 spiro atoms. The fraction of sp³-hybridized carbons (Fsp3) is 0.280. The lowest BCUT2D eigenvalue weighted by Gasteiger charge is -2.46. The lowest BCUT2D eigenvalue weighted by atomic mass is 9.91. The van der Waals surface area contributed by atoms with E-state index in [1.54, 1.807) is 0 Å². The molecule has 6 nitrogen and oxygen atoms in total. The minimum atomic E-state index is -4.92. The summed E-state index contributed by atoms with van der Waals surface area (Å²) in [6, 6.07) is 4.33. The van der Waals surface area contributed by atoms with E-state index in [4.69, 9.17) is 0 Å². The van der Waals surface area contributed by atoms with Crippen LogP contribution < -0.4 is 10.4 Å². The number of nitrogens with zero attached hydrogens (tertiary/aromatic N) is 3. The molecule has 1 N–H and O–H groups in total. The average molecular weight is 573 g/mol. The number of aromatic hydroxyl groups is 1. The minimum Gasteiger partial charge on any atom is -0.502 e. The predicted molar refractivity (Wildman–Crippen MR) is 126 cm³/mol. The van der Waals surface area contributed by atoms with Crippen molar-refractivity contribution in [2.45, 2.75) is 42.0 Å². The number of thioether (sulfide) groups is 1. The van der Waals surface area contributed by atoms with Crippen LogP contribution in [0.2, 0.25) is 0 Å². The van der Waals surface area contributed by atoms with Gasteiger partial charge in [0.1, 0.15) is 18.5 Å². The summed E-state index contributed by atoms with van der Waals surface area (Å²) in [5.41, 5.74) is -2.90. The molecule has 0 fully saturated rings. The number of carbonyl (C=O) groups excluding carboxylic acids is 1. The van der Waals surface area contributed by atoms with Gasteiger partial charge in [-0.1, -0.05) is 24.3 Å². The van der Waals surface area contributed by atoms with Crippen LogP contribution in [0.3, 0.4) is 0 Å². The van der Waals surface area contributed by atoms with Crippen molar-refractivity contribution in [2.24, 2.45) is 0 Å². The van der Waals surface area contributed by atoms with E-state index >= 15 is 4.39 Å². The summed E-state index contributed by atoms with van der Waals surface area (Å²) in [6.07, 6.45) is -8.67. The third-order valence-corrected chi connectivity index (χ3v) is 7.95. The van der Waals surface area contributed by atoms with Crippen molar-refractivity contribution in [3.8, 4) is 5.75 Å². The molecule has 3 aromatic rings. The maximum Gasteiger partial charge on any atom is 0.416 e. The second kappa shape index (κ2) is 9.21. The number of aromatic nitrogens is 1. The van der Waals surface area contributed by atoms with E-state index in [2.05, 4.69) is 0 Å². The minimum absolute atomic E-state index is 0.0137. The average Bonchev–Trinajstić information content (AvgIpc) is 3.02. The third kappa shape index (κ3) is 4.39. The van der Waals surface area contributed by atoms with Crippen molar-refractivity contribution >= 4 is 17.7 Å². The molecule has 0 bridgehead atoms. The number of fused-ring (bicyclic) bond motifs is 3. The van der Waals surface area contributed by atoms with Crippen LogP contribution in [0.25, 0.3) is 0 Å². The van der Waals surface area contributed by atoms with Gasteiger partial charge in [-0.3, -0.25) is 19.3 Å². The van der Waals surface area contributed by atoms with Crippen LogP contribution in [-0.4, -0.2) is 39.5 Å². The fourth-order valence-corrected chi connectivity index (χ4v) is 6.01. The van der Waals surface area contributed by atoms with Crippen LogP contribution in [0.5, 0.6) is 5.75 Å². The Labute approximate surface area is 220 Å². The van der Waals surface area contributed by atoms with Gasteiger partial charge in [-0.05, 0) is 35.7 Å². The smallest absolute Gasteiger partial charge is 0.416 e. The van der Waals surface area contributed by atoms with Gasteiger partial charge in [0.15, 0.2) is 11.4 Å². The predicted octanol–water partition coefficient (Wildman–Crippen LogP) is 5.41. The highest BCUT2D eigenvalue weighted by Gasteiger charge is 2.48. The third-order valence-electron chi connectivity index (χ3n) is 6.80. The van der Waals surface area contributed by atoms with E-state index in [-0.39, 0.29) is 27.3 Å². The van der Waals surface area contributed by atoms with Crippen LogP contribution >= 0.6 is 11.8 Å². The summed E-state index contributed by atoms with van der Waals surface area (Å²) in [5, 5.41) is 11.6. The van der Waals surface area contributed by atoms with Crippen molar-refractivity contribution in [2.75, 3.05) is 11.7 Å². The number of hydrogen-bond donors (Lipinski definition) is 1. The van der Waals surface area contributed by atoms with Gasteiger partial charge < -0.3 is 10.0 Å². The Bertz CT molecular complexity index is 1540. The molecular formula is C25H18F7N3O3S. The van der Waals surface area contributed by atoms with E-state index in [9.17, 15) is 41.0 Å². The summed E-state index contributed by atoms with van der Waals surface area (Å²) in [5.74, 6) is -3.48. The zero-order valence-electron chi connectivity index (χ0n) is 19.8. The molecule has 0 radical (unpaired) electrons. The molecular weight excluding hydrogens is 555 g/mol. The molecule has 5 rings (SSSR count). The molecule has 2 atom stereocenters. The molecule has 0 saturated heterocycles. The van der Waals surface area contributed by atoms with Gasteiger partial charge in [-0.2, -0.15) is 26.3 Å². The highest BCUT2D eigenvalue weighted by Crippen LogP contribution is 2.47. The molecule has 2 aromatic carbocycles. The maximum absolute atomic E-state index is 15.0. The van der Waals surface area contributed by atoms with Gasteiger partial charge in [-0.15, -0.1) is 11.8 Å². The number of benzene rings is 2. The number of halogens is 7.